The van der Waals surface area contributed by atoms with Crippen molar-refractivity contribution in [1.29, 1.82) is 5.26 Å². The molecule has 0 fully saturated rings. The van der Waals surface area contributed by atoms with Crippen molar-refractivity contribution in [2.75, 3.05) is 11.6 Å². The average Bonchev–Trinajstić information content (AvgIpc) is 2.39. The lowest BCUT2D eigenvalue weighted by Crippen LogP contribution is -1.94. The molecule has 0 unspecified atom stereocenters. The molecule has 0 saturated heterocycles. The van der Waals surface area contributed by atoms with E-state index in [1.807, 2.05) is 36.6 Å². The quantitative estimate of drug-likeness (QED) is 0.827. The summed E-state index contributed by atoms with van der Waals surface area (Å²) in [5, 5.41) is 12.4. The molecule has 0 amide bonds. The molecule has 0 radical (unpaired) electrons. The molecule has 18 heavy (non-hydrogen) atoms. The third-order valence-corrected chi connectivity index (χ3v) is 3.86. The minimum absolute atomic E-state index is 0.618. The summed E-state index contributed by atoms with van der Waals surface area (Å²) in [5.74, 6) is 0. The third kappa shape index (κ3) is 2.87. The van der Waals surface area contributed by atoms with Gasteiger partial charge in [-0.1, -0.05) is 12.1 Å². The lowest BCUT2D eigenvalue weighted by Gasteiger charge is -2.10. The Hall–Kier alpha value is -1.44. The van der Waals surface area contributed by atoms with Crippen molar-refractivity contribution in [3.05, 3.63) is 52.5 Å². The smallest absolute Gasteiger partial charge is 0.103 e. The fourth-order valence-electron chi connectivity index (χ4n) is 1.60. The van der Waals surface area contributed by atoms with Gasteiger partial charge in [-0.25, -0.2) is 0 Å². The number of hydrogen-bond acceptors (Lipinski definition) is 3. The second kappa shape index (κ2) is 5.94. The van der Waals surface area contributed by atoms with Crippen molar-refractivity contribution < 1.29 is 0 Å². The summed E-state index contributed by atoms with van der Waals surface area (Å²) in [7, 11) is 0. The molecule has 0 aliphatic carbocycles. The van der Waals surface area contributed by atoms with Crippen molar-refractivity contribution >= 4 is 39.1 Å². The highest BCUT2D eigenvalue weighted by Gasteiger charge is 2.06. The minimum Gasteiger partial charge on any atom is -0.354 e. The Balaban J connectivity index is 2.34. The predicted octanol–water partition coefficient (Wildman–Crippen LogP) is 4.79. The molecule has 0 aromatic heterocycles. The zero-order valence-electron chi connectivity index (χ0n) is 9.77. The van der Waals surface area contributed by atoms with E-state index in [0.29, 0.717) is 5.56 Å². The molecule has 90 valence electrons. The number of nitrogens with zero attached hydrogens (tertiary/aromatic N) is 1. The standard InChI is InChI=1S/C14H11BrN2S/c1-18-11-5-2-4-10(8-11)17-14-7-3-6-13(15)12(14)9-16/h2-8,17H,1H3. The largest absolute Gasteiger partial charge is 0.354 e. The van der Waals surface area contributed by atoms with E-state index in [-0.39, 0.29) is 0 Å². The van der Waals surface area contributed by atoms with E-state index in [4.69, 9.17) is 5.26 Å². The fourth-order valence-corrected chi connectivity index (χ4v) is 2.51. The summed E-state index contributed by atoms with van der Waals surface area (Å²) >= 11 is 5.07. The van der Waals surface area contributed by atoms with Gasteiger partial charge in [0.2, 0.25) is 0 Å². The molecule has 0 saturated carbocycles. The Morgan fingerprint density at radius 1 is 1.22 bits per heavy atom. The van der Waals surface area contributed by atoms with Crippen LogP contribution in [0.2, 0.25) is 0 Å². The number of thioether (sulfide) groups is 1. The van der Waals surface area contributed by atoms with Gasteiger partial charge in [-0.05, 0) is 52.5 Å². The van der Waals surface area contributed by atoms with Crippen LogP contribution in [0.3, 0.4) is 0 Å². The number of anilines is 2. The third-order valence-electron chi connectivity index (χ3n) is 2.47. The van der Waals surface area contributed by atoms with Gasteiger partial charge in [0.05, 0.1) is 11.3 Å². The number of hydrogen-bond donors (Lipinski definition) is 1. The molecule has 1 N–H and O–H groups in total. The van der Waals surface area contributed by atoms with Crippen LogP contribution in [0.15, 0.2) is 51.8 Å². The van der Waals surface area contributed by atoms with Crippen LogP contribution >= 0.6 is 27.7 Å². The number of nitrogens with one attached hydrogen (secondary N) is 1. The molecule has 0 heterocycles. The SMILES string of the molecule is CSc1cccc(Nc2cccc(Br)c2C#N)c1. The van der Waals surface area contributed by atoms with E-state index in [1.54, 1.807) is 11.8 Å². The van der Waals surface area contributed by atoms with Gasteiger partial charge in [-0.2, -0.15) is 5.26 Å². The van der Waals surface area contributed by atoms with Crippen LogP contribution in [0.5, 0.6) is 0 Å². The second-order valence-corrected chi connectivity index (χ2v) is 5.37. The molecule has 0 spiro atoms. The first kappa shape index (κ1) is 13.0. The van der Waals surface area contributed by atoms with Gasteiger partial charge in [-0.3, -0.25) is 0 Å². The number of halogens is 1. The molecule has 0 aliphatic heterocycles. The highest BCUT2D eigenvalue weighted by atomic mass is 79.9. The van der Waals surface area contributed by atoms with E-state index in [1.165, 1.54) is 4.90 Å². The molecule has 2 nitrogen and oxygen atoms in total. The van der Waals surface area contributed by atoms with Crippen molar-refractivity contribution in [3.8, 4) is 6.07 Å². The van der Waals surface area contributed by atoms with Crippen LogP contribution in [0.1, 0.15) is 5.56 Å². The summed E-state index contributed by atoms with van der Waals surface area (Å²) in [6.45, 7) is 0. The van der Waals surface area contributed by atoms with E-state index in [2.05, 4.69) is 39.4 Å². The Labute approximate surface area is 119 Å². The van der Waals surface area contributed by atoms with Gasteiger partial charge >= 0.3 is 0 Å². The Bertz CT molecular complexity index is 605. The summed E-state index contributed by atoms with van der Waals surface area (Å²) in [5.41, 5.74) is 2.41. The van der Waals surface area contributed by atoms with Crippen LogP contribution in [0.25, 0.3) is 0 Å². The van der Waals surface area contributed by atoms with Gasteiger partial charge in [0.15, 0.2) is 0 Å². The Morgan fingerprint density at radius 3 is 2.72 bits per heavy atom. The normalized spacial score (nSPS) is 9.83. The van der Waals surface area contributed by atoms with Crippen LogP contribution in [0, 0.1) is 11.3 Å². The van der Waals surface area contributed by atoms with Crippen LogP contribution in [-0.4, -0.2) is 6.26 Å². The maximum Gasteiger partial charge on any atom is 0.103 e. The molecular weight excluding hydrogens is 308 g/mol. The van der Waals surface area contributed by atoms with E-state index < -0.39 is 0 Å². The van der Waals surface area contributed by atoms with Crippen molar-refractivity contribution in [2.24, 2.45) is 0 Å². The lowest BCUT2D eigenvalue weighted by molar-refractivity contribution is 1.41. The summed E-state index contributed by atoms with van der Waals surface area (Å²) in [6, 6.07) is 16.0. The summed E-state index contributed by atoms with van der Waals surface area (Å²) < 4.78 is 0.802. The Morgan fingerprint density at radius 2 is 2.00 bits per heavy atom. The molecule has 4 heteroatoms. The summed E-state index contributed by atoms with van der Waals surface area (Å²) in [6.07, 6.45) is 2.04. The molecule has 0 bridgehead atoms. The van der Waals surface area contributed by atoms with Gasteiger partial charge in [0, 0.05) is 15.1 Å². The molecule has 2 rings (SSSR count). The van der Waals surface area contributed by atoms with E-state index >= 15 is 0 Å². The molecule has 2 aromatic rings. The monoisotopic (exact) mass is 318 g/mol. The van der Waals surface area contributed by atoms with Gasteiger partial charge in [0.1, 0.15) is 6.07 Å². The number of rotatable bonds is 3. The number of nitriles is 1. The molecular formula is C14H11BrN2S. The van der Waals surface area contributed by atoms with Gasteiger partial charge in [0.25, 0.3) is 0 Å². The van der Waals surface area contributed by atoms with Gasteiger partial charge in [-0.15, -0.1) is 11.8 Å². The van der Waals surface area contributed by atoms with Gasteiger partial charge < -0.3 is 5.32 Å². The average molecular weight is 319 g/mol. The van der Waals surface area contributed by atoms with Crippen LogP contribution in [0.4, 0.5) is 11.4 Å². The Kier molecular flexibility index (Phi) is 4.29. The minimum atomic E-state index is 0.618. The second-order valence-electron chi connectivity index (χ2n) is 3.63. The van der Waals surface area contributed by atoms with Crippen LogP contribution in [-0.2, 0) is 0 Å². The first-order valence-electron chi connectivity index (χ1n) is 5.34. The molecule has 2 aromatic carbocycles. The zero-order chi connectivity index (χ0) is 13.0. The van der Waals surface area contributed by atoms with Crippen LogP contribution < -0.4 is 5.32 Å². The number of benzene rings is 2. The maximum atomic E-state index is 9.15. The maximum absolute atomic E-state index is 9.15. The van der Waals surface area contributed by atoms with E-state index in [9.17, 15) is 0 Å². The summed E-state index contributed by atoms with van der Waals surface area (Å²) in [4.78, 5) is 1.19. The van der Waals surface area contributed by atoms with Crippen molar-refractivity contribution in [2.45, 2.75) is 4.90 Å². The van der Waals surface area contributed by atoms with E-state index in [0.717, 1.165) is 15.8 Å². The highest BCUT2D eigenvalue weighted by molar-refractivity contribution is 9.10. The fraction of sp³-hybridized carbons (Fsp3) is 0.0714. The first-order chi connectivity index (χ1) is 8.74. The van der Waals surface area contributed by atoms with Crippen molar-refractivity contribution in [3.63, 3.8) is 0 Å². The first-order valence-corrected chi connectivity index (χ1v) is 7.36. The molecule has 0 atom stereocenters. The molecule has 0 aliphatic rings. The lowest BCUT2D eigenvalue weighted by atomic mass is 10.2. The zero-order valence-corrected chi connectivity index (χ0v) is 12.2. The van der Waals surface area contributed by atoms with Crippen molar-refractivity contribution in [1.82, 2.24) is 0 Å². The topological polar surface area (TPSA) is 35.8 Å². The highest BCUT2D eigenvalue weighted by Crippen LogP contribution is 2.28. The predicted molar refractivity (Wildman–Crippen MR) is 80.4 cm³/mol.